The average Bonchev–Trinajstić information content (AvgIpc) is 3.06. The lowest BCUT2D eigenvalue weighted by Crippen LogP contribution is -2.07. The molecule has 29 heavy (non-hydrogen) atoms. The lowest BCUT2D eigenvalue weighted by atomic mass is 10.1. The molecule has 3 rings (SSSR count). The molecule has 0 atom stereocenters. The summed E-state index contributed by atoms with van der Waals surface area (Å²) in [6.07, 6.45) is 3.24. The van der Waals surface area contributed by atoms with Gasteiger partial charge < -0.3 is 14.8 Å². The summed E-state index contributed by atoms with van der Waals surface area (Å²) >= 11 is 1.28. The van der Waals surface area contributed by atoms with Crippen LogP contribution in [0.3, 0.4) is 0 Å². The number of benzene rings is 1. The van der Waals surface area contributed by atoms with Gasteiger partial charge in [-0.25, -0.2) is 19.6 Å². The van der Waals surface area contributed by atoms with Crippen LogP contribution < -0.4 is 5.32 Å². The van der Waals surface area contributed by atoms with Crippen LogP contribution in [0.1, 0.15) is 52.3 Å². The molecule has 3 aromatic rings. The van der Waals surface area contributed by atoms with Crippen molar-refractivity contribution in [3.05, 3.63) is 46.6 Å². The molecule has 2 aromatic heterocycles. The number of ether oxygens (including phenoxy) is 2. The van der Waals surface area contributed by atoms with E-state index in [2.05, 4.69) is 15.3 Å². The maximum absolute atomic E-state index is 12.2. The van der Waals surface area contributed by atoms with Crippen LogP contribution in [0.25, 0.3) is 10.2 Å². The van der Waals surface area contributed by atoms with Gasteiger partial charge in [-0.2, -0.15) is 0 Å². The van der Waals surface area contributed by atoms with Crippen molar-refractivity contribution in [1.29, 1.82) is 0 Å². The van der Waals surface area contributed by atoms with Crippen LogP contribution in [-0.4, -0.2) is 35.1 Å². The van der Waals surface area contributed by atoms with E-state index in [1.165, 1.54) is 17.7 Å². The topological polar surface area (TPSA) is 90.4 Å². The Bertz CT molecular complexity index is 1030. The summed E-state index contributed by atoms with van der Waals surface area (Å²) in [5, 5.41) is 3.99. The van der Waals surface area contributed by atoms with E-state index < -0.39 is 0 Å². The van der Waals surface area contributed by atoms with E-state index in [1.54, 1.807) is 25.1 Å². The fraction of sp³-hybridized carbons (Fsp3) is 0.333. The van der Waals surface area contributed by atoms with Gasteiger partial charge in [0.25, 0.3) is 0 Å². The first kappa shape index (κ1) is 20.7. The van der Waals surface area contributed by atoms with Crippen LogP contribution >= 0.6 is 11.3 Å². The van der Waals surface area contributed by atoms with Gasteiger partial charge in [0.1, 0.15) is 21.9 Å². The molecule has 0 aliphatic rings. The standard InChI is InChI=1S/C21H23N3O4S/c1-4-6-10-28-20(25)14-8-7-9-15(11-14)24-18-16-13(3)17(21(26)27-5-2)29-19(16)23-12-22-18/h7-9,11-12H,4-6,10H2,1-3H3,(H,22,23,24). The molecule has 0 spiro atoms. The second-order valence-corrected chi connectivity index (χ2v) is 7.37. The van der Waals surface area contributed by atoms with Crippen molar-refractivity contribution in [3.63, 3.8) is 0 Å². The summed E-state index contributed by atoms with van der Waals surface area (Å²) in [6.45, 7) is 6.38. The number of rotatable bonds is 8. The number of carbonyl (C=O) groups is 2. The van der Waals surface area contributed by atoms with Crippen molar-refractivity contribution in [1.82, 2.24) is 9.97 Å². The van der Waals surface area contributed by atoms with Gasteiger partial charge in [-0.3, -0.25) is 0 Å². The Hall–Kier alpha value is -3.00. The lowest BCUT2D eigenvalue weighted by Gasteiger charge is -2.09. The SMILES string of the molecule is CCCCOC(=O)c1cccc(Nc2ncnc3sc(C(=O)OCC)c(C)c23)c1. The summed E-state index contributed by atoms with van der Waals surface area (Å²) in [7, 11) is 0. The number of carbonyl (C=O) groups excluding carboxylic acids is 2. The molecule has 152 valence electrons. The minimum Gasteiger partial charge on any atom is -0.462 e. The van der Waals surface area contributed by atoms with Gasteiger partial charge in [-0.05, 0) is 44.0 Å². The van der Waals surface area contributed by atoms with Crippen molar-refractivity contribution in [3.8, 4) is 0 Å². The highest BCUT2D eigenvalue weighted by molar-refractivity contribution is 7.20. The molecule has 7 nitrogen and oxygen atoms in total. The molecule has 8 heteroatoms. The van der Waals surface area contributed by atoms with E-state index >= 15 is 0 Å². The summed E-state index contributed by atoms with van der Waals surface area (Å²) in [5.74, 6) is -0.155. The first-order valence-corrected chi connectivity index (χ1v) is 10.3. The van der Waals surface area contributed by atoms with Crippen LogP contribution in [0.15, 0.2) is 30.6 Å². The van der Waals surface area contributed by atoms with Crippen LogP contribution in [0.2, 0.25) is 0 Å². The number of thiophene rings is 1. The number of hydrogen-bond acceptors (Lipinski definition) is 8. The third-order valence-corrected chi connectivity index (χ3v) is 5.46. The van der Waals surface area contributed by atoms with Crippen molar-refractivity contribution in [2.24, 2.45) is 0 Å². The van der Waals surface area contributed by atoms with Gasteiger partial charge in [0, 0.05) is 5.69 Å². The van der Waals surface area contributed by atoms with Gasteiger partial charge in [0.15, 0.2) is 0 Å². The zero-order valence-corrected chi connectivity index (χ0v) is 17.5. The van der Waals surface area contributed by atoms with Gasteiger partial charge in [-0.15, -0.1) is 11.3 Å². The van der Waals surface area contributed by atoms with Gasteiger partial charge in [0.05, 0.1) is 24.2 Å². The number of fused-ring (bicyclic) bond motifs is 1. The van der Waals surface area contributed by atoms with E-state index in [9.17, 15) is 9.59 Å². The minimum atomic E-state index is -0.365. The Balaban J connectivity index is 1.88. The van der Waals surface area contributed by atoms with E-state index in [0.29, 0.717) is 40.0 Å². The Morgan fingerprint density at radius 1 is 1.14 bits per heavy atom. The van der Waals surface area contributed by atoms with Crippen molar-refractivity contribution in [2.45, 2.75) is 33.6 Å². The molecule has 0 aliphatic carbocycles. The molecule has 0 amide bonds. The molecule has 0 bridgehead atoms. The van der Waals surface area contributed by atoms with E-state index in [1.807, 2.05) is 19.9 Å². The van der Waals surface area contributed by atoms with Gasteiger partial charge in [0.2, 0.25) is 0 Å². The molecule has 2 heterocycles. The Morgan fingerprint density at radius 2 is 1.97 bits per heavy atom. The molecule has 0 saturated heterocycles. The number of unbranched alkanes of at least 4 members (excludes halogenated alkanes) is 1. The predicted octanol–water partition coefficient (Wildman–Crippen LogP) is 4.88. The summed E-state index contributed by atoms with van der Waals surface area (Å²) < 4.78 is 10.4. The van der Waals surface area contributed by atoms with Crippen molar-refractivity contribution >= 4 is 45.0 Å². The Morgan fingerprint density at radius 3 is 2.72 bits per heavy atom. The highest BCUT2D eigenvalue weighted by atomic mass is 32.1. The number of anilines is 2. The number of nitrogens with zero attached hydrogens (tertiary/aromatic N) is 2. The van der Waals surface area contributed by atoms with Gasteiger partial charge >= 0.3 is 11.9 Å². The Labute approximate surface area is 173 Å². The van der Waals surface area contributed by atoms with Crippen molar-refractivity contribution in [2.75, 3.05) is 18.5 Å². The number of nitrogens with one attached hydrogen (secondary N) is 1. The van der Waals surface area contributed by atoms with Gasteiger partial charge in [-0.1, -0.05) is 19.4 Å². The summed E-state index contributed by atoms with van der Waals surface area (Å²) in [6, 6.07) is 7.05. The average molecular weight is 413 g/mol. The van der Waals surface area contributed by atoms with E-state index in [-0.39, 0.29) is 11.9 Å². The second kappa shape index (κ2) is 9.47. The highest BCUT2D eigenvalue weighted by Gasteiger charge is 2.20. The van der Waals surface area contributed by atoms with E-state index in [4.69, 9.17) is 9.47 Å². The third kappa shape index (κ3) is 4.71. The van der Waals surface area contributed by atoms with Crippen LogP contribution in [0.4, 0.5) is 11.5 Å². The zero-order chi connectivity index (χ0) is 20.8. The lowest BCUT2D eigenvalue weighted by molar-refractivity contribution is 0.0497. The maximum Gasteiger partial charge on any atom is 0.348 e. The van der Waals surface area contributed by atoms with Crippen LogP contribution in [0, 0.1) is 6.92 Å². The predicted molar refractivity (Wildman–Crippen MR) is 113 cm³/mol. The van der Waals surface area contributed by atoms with Crippen LogP contribution in [-0.2, 0) is 9.47 Å². The second-order valence-electron chi connectivity index (χ2n) is 6.37. The van der Waals surface area contributed by atoms with E-state index in [0.717, 1.165) is 23.8 Å². The molecule has 0 aliphatic heterocycles. The normalized spacial score (nSPS) is 10.7. The zero-order valence-electron chi connectivity index (χ0n) is 16.7. The fourth-order valence-corrected chi connectivity index (χ4v) is 3.85. The molecule has 1 N–H and O–H groups in total. The number of esters is 2. The molecule has 0 unspecified atom stereocenters. The minimum absolute atomic E-state index is 0.310. The monoisotopic (exact) mass is 413 g/mol. The quantitative estimate of drug-likeness (QED) is 0.416. The third-order valence-electron chi connectivity index (χ3n) is 4.28. The first-order valence-electron chi connectivity index (χ1n) is 9.50. The molecule has 0 radical (unpaired) electrons. The maximum atomic E-state index is 12.2. The first-order chi connectivity index (χ1) is 14.0. The molecule has 0 saturated carbocycles. The van der Waals surface area contributed by atoms with Crippen LogP contribution in [0.5, 0.6) is 0 Å². The number of aromatic nitrogens is 2. The largest absolute Gasteiger partial charge is 0.462 e. The Kier molecular flexibility index (Phi) is 6.77. The molecular weight excluding hydrogens is 390 g/mol. The molecule has 0 fully saturated rings. The summed E-state index contributed by atoms with van der Waals surface area (Å²) in [4.78, 5) is 34.2. The number of aryl methyl sites for hydroxylation is 1. The fourth-order valence-electron chi connectivity index (χ4n) is 2.81. The van der Waals surface area contributed by atoms with Crippen molar-refractivity contribution < 1.29 is 19.1 Å². The molecular formula is C21H23N3O4S. The number of hydrogen-bond donors (Lipinski definition) is 1. The summed E-state index contributed by atoms with van der Waals surface area (Å²) in [5.41, 5.74) is 1.92. The molecule has 1 aromatic carbocycles. The highest BCUT2D eigenvalue weighted by Crippen LogP contribution is 2.34. The smallest absolute Gasteiger partial charge is 0.348 e.